The Bertz CT molecular complexity index is 582. The van der Waals surface area contributed by atoms with Gasteiger partial charge in [-0.2, -0.15) is 0 Å². The highest BCUT2D eigenvalue weighted by Crippen LogP contribution is 2.38. The molecule has 1 heterocycles. The zero-order chi connectivity index (χ0) is 19.2. The van der Waals surface area contributed by atoms with Crippen molar-refractivity contribution in [3.63, 3.8) is 0 Å². The first-order chi connectivity index (χ1) is 13.1. The van der Waals surface area contributed by atoms with Crippen LogP contribution >= 0.6 is 11.9 Å². The average Bonchev–Trinajstić information content (AvgIpc) is 3.50. The van der Waals surface area contributed by atoms with E-state index in [1.807, 2.05) is 6.07 Å². The smallest absolute Gasteiger partial charge is 0.0397 e. The van der Waals surface area contributed by atoms with Crippen molar-refractivity contribution < 1.29 is 0 Å². The van der Waals surface area contributed by atoms with E-state index in [0.29, 0.717) is 0 Å². The molecular formula is C22H38N4S. The van der Waals surface area contributed by atoms with E-state index in [-0.39, 0.29) is 0 Å². The molecule has 0 bridgehead atoms. The van der Waals surface area contributed by atoms with Gasteiger partial charge in [-0.05, 0) is 87.4 Å². The quantitative estimate of drug-likeness (QED) is 0.464. The number of hydrogen-bond donors (Lipinski definition) is 2. The molecule has 1 aliphatic heterocycles. The van der Waals surface area contributed by atoms with E-state index < -0.39 is 0 Å². The number of nitrogens with one attached hydrogen (secondary N) is 1. The van der Waals surface area contributed by atoms with E-state index in [2.05, 4.69) is 46.8 Å². The zero-order valence-corrected chi connectivity index (χ0v) is 18.2. The predicted molar refractivity (Wildman–Crippen MR) is 120 cm³/mol. The number of piperidine rings is 1. The molecule has 4 nitrogen and oxygen atoms in total. The Morgan fingerprint density at radius 2 is 2.00 bits per heavy atom. The van der Waals surface area contributed by atoms with Gasteiger partial charge in [0.25, 0.3) is 0 Å². The second-order valence-corrected chi connectivity index (χ2v) is 9.11. The summed E-state index contributed by atoms with van der Waals surface area (Å²) in [7, 11) is 0. The van der Waals surface area contributed by atoms with Gasteiger partial charge in [-0.3, -0.25) is 9.62 Å². The van der Waals surface area contributed by atoms with Crippen LogP contribution in [0.4, 0.5) is 11.4 Å². The van der Waals surface area contributed by atoms with Crippen molar-refractivity contribution >= 4 is 23.3 Å². The van der Waals surface area contributed by atoms with Crippen LogP contribution in [0.2, 0.25) is 0 Å². The molecule has 1 saturated heterocycles. The second-order valence-electron chi connectivity index (χ2n) is 8.41. The highest BCUT2D eigenvalue weighted by molar-refractivity contribution is 7.96. The van der Waals surface area contributed by atoms with Crippen molar-refractivity contribution in [1.82, 2.24) is 9.62 Å². The Kier molecular flexibility index (Phi) is 7.74. The van der Waals surface area contributed by atoms with Crippen molar-refractivity contribution in [3.05, 3.63) is 23.8 Å². The number of nitrogens with zero attached hydrogens (tertiary/aromatic N) is 2. The lowest BCUT2D eigenvalue weighted by Gasteiger charge is -2.41. The summed E-state index contributed by atoms with van der Waals surface area (Å²) >= 11 is 1.77. The van der Waals surface area contributed by atoms with Crippen molar-refractivity contribution in [2.45, 2.75) is 52.0 Å². The molecule has 3 rings (SSSR count). The highest BCUT2D eigenvalue weighted by Gasteiger charge is 2.34. The minimum Gasteiger partial charge on any atom is -0.399 e. The third-order valence-corrected chi connectivity index (χ3v) is 6.76. The standard InChI is InChI=1S/C22H38N4S/c1-4-11-26(16-19(15-24-27-3)18-5-6-18)21-9-12-25(13-10-21)22-8-7-20(23)14-17(22)2/h7-8,14,18-19,21,24H,4-6,9-13,15-16,23H2,1-3H3. The maximum atomic E-state index is 5.93. The summed E-state index contributed by atoms with van der Waals surface area (Å²) in [4.78, 5) is 5.38. The van der Waals surface area contributed by atoms with Crippen molar-refractivity contribution in [2.24, 2.45) is 11.8 Å². The van der Waals surface area contributed by atoms with Crippen LogP contribution in [-0.4, -0.2) is 49.9 Å². The van der Waals surface area contributed by atoms with Crippen LogP contribution in [0.5, 0.6) is 0 Å². The summed E-state index contributed by atoms with van der Waals surface area (Å²) in [5.74, 6) is 1.78. The van der Waals surface area contributed by atoms with Gasteiger partial charge in [0.05, 0.1) is 0 Å². The number of aryl methyl sites for hydroxylation is 1. The summed E-state index contributed by atoms with van der Waals surface area (Å²) in [5.41, 5.74) is 9.46. The van der Waals surface area contributed by atoms with E-state index in [0.717, 1.165) is 43.2 Å². The van der Waals surface area contributed by atoms with Crippen LogP contribution in [0.15, 0.2) is 18.2 Å². The molecule has 2 fully saturated rings. The van der Waals surface area contributed by atoms with Gasteiger partial charge in [-0.25, -0.2) is 0 Å². The van der Waals surface area contributed by atoms with E-state index in [1.54, 1.807) is 11.9 Å². The molecule has 2 aliphatic rings. The molecule has 1 aliphatic carbocycles. The van der Waals surface area contributed by atoms with E-state index in [9.17, 15) is 0 Å². The lowest BCUT2D eigenvalue weighted by molar-refractivity contribution is 0.138. The van der Waals surface area contributed by atoms with Crippen LogP contribution in [0.1, 0.15) is 44.6 Å². The molecule has 27 heavy (non-hydrogen) atoms. The minimum atomic E-state index is 0.741. The first-order valence-corrected chi connectivity index (χ1v) is 12.0. The fourth-order valence-electron chi connectivity index (χ4n) is 4.66. The zero-order valence-electron chi connectivity index (χ0n) is 17.4. The summed E-state index contributed by atoms with van der Waals surface area (Å²) in [6.07, 6.45) is 8.83. The van der Waals surface area contributed by atoms with Crippen molar-refractivity contribution in [3.8, 4) is 0 Å². The highest BCUT2D eigenvalue weighted by atomic mass is 32.2. The summed E-state index contributed by atoms with van der Waals surface area (Å²) in [6, 6.07) is 7.08. The van der Waals surface area contributed by atoms with Gasteiger partial charge in [-0.1, -0.05) is 18.9 Å². The Balaban J connectivity index is 1.57. The molecule has 1 aromatic carbocycles. The molecule has 0 amide bonds. The van der Waals surface area contributed by atoms with Gasteiger partial charge in [0, 0.05) is 43.6 Å². The normalized spacial score (nSPS) is 19.6. The van der Waals surface area contributed by atoms with Gasteiger partial charge >= 0.3 is 0 Å². The molecule has 0 aromatic heterocycles. The SMILES string of the molecule is CCCN(CC(CNSC)C1CC1)C1CCN(c2ccc(N)cc2C)CC1. The Hall–Kier alpha value is -0.910. The van der Waals surface area contributed by atoms with Crippen LogP contribution in [0, 0.1) is 18.8 Å². The molecule has 152 valence electrons. The van der Waals surface area contributed by atoms with Crippen LogP contribution in [0.3, 0.4) is 0 Å². The largest absolute Gasteiger partial charge is 0.399 e. The molecular weight excluding hydrogens is 352 g/mol. The molecule has 1 saturated carbocycles. The lowest BCUT2D eigenvalue weighted by atomic mass is 9.97. The third kappa shape index (κ3) is 5.78. The fourth-order valence-corrected chi connectivity index (χ4v) is 5.04. The minimum absolute atomic E-state index is 0.741. The molecule has 0 spiro atoms. The third-order valence-electron chi connectivity index (χ3n) is 6.30. The molecule has 3 N–H and O–H groups in total. The summed E-state index contributed by atoms with van der Waals surface area (Å²) < 4.78 is 3.53. The molecule has 1 atom stereocenters. The number of nitrogen functional groups attached to an aromatic ring is 1. The van der Waals surface area contributed by atoms with Crippen LogP contribution in [-0.2, 0) is 0 Å². The maximum Gasteiger partial charge on any atom is 0.0397 e. The van der Waals surface area contributed by atoms with Gasteiger partial charge in [0.15, 0.2) is 0 Å². The summed E-state index contributed by atoms with van der Waals surface area (Å²) in [6.45, 7) is 10.5. The first kappa shape index (κ1) is 20.8. The van der Waals surface area contributed by atoms with E-state index in [4.69, 9.17) is 5.73 Å². The fraction of sp³-hybridized carbons (Fsp3) is 0.727. The predicted octanol–water partition coefficient (Wildman–Crippen LogP) is 4.15. The average molecular weight is 391 g/mol. The van der Waals surface area contributed by atoms with Crippen molar-refractivity contribution in [2.75, 3.05) is 49.6 Å². The Morgan fingerprint density at radius 1 is 1.26 bits per heavy atom. The lowest BCUT2D eigenvalue weighted by Crippen LogP contribution is -2.48. The van der Waals surface area contributed by atoms with Gasteiger partial charge in [0.2, 0.25) is 0 Å². The first-order valence-electron chi connectivity index (χ1n) is 10.7. The summed E-state index contributed by atoms with van der Waals surface area (Å²) in [5, 5.41) is 0. The number of benzene rings is 1. The van der Waals surface area contributed by atoms with Gasteiger partial charge in [0.1, 0.15) is 0 Å². The van der Waals surface area contributed by atoms with Crippen molar-refractivity contribution in [1.29, 1.82) is 0 Å². The molecule has 0 radical (unpaired) electrons. The molecule has 1 unspecified atom stereocenters. The number of hydrogen-bond acceptors (Lipinski definition) is 5. The van der Waals surface area contributed by atoms with Crippen LogP contribution in [0.25, 0.3) is 0 Å². The maximum absolute atomic E-state index is 5.93. The van der Waals surface area contributed by atoms with Crippen LogP contribution < -0.4 is 15.4 Å². The van der Waals surface area contributed by atoms with E-state index in [1.165, 1.54) is 56.4 Å². The number of nitrogens with two attached hydrogens (primary N) is 1. The second kappa shape index (κ2) is 10.0. The monoisotopic (exact) mass is 390 g/mol. The van der Waals surface area contributed by atoms with Gasteiger partial charge in [-0.15, -0.1) is 0 Å². The Labute approximate surface area is 170 Å². The number of anilines is 2. The molecule has 5 heteroatoms. The number of rotatable bonds is 10. The Morgan fingerprint density at radius 3 is 2.59 bits per heavy atom. The topological polar surface area (TPSA) is 44.5 Å². The van der Waals surface area contributed by atoms with E-state index >= 15 is 0 Å². The molecule has 1 aromatic rings. The van der Waals surface area contributed by atoms with Gasteiger partial charge < -0.3 is 10.6 Å².